The standard InChI is InChI=1S/C14H20N6O3/c1-6-22-12(21)10(8-16-13-15-7-9(2)23-13)11-17-19-20(18-11)14(3,4)5/h7-8H,6H2,1-5H3,(H,15,16)/b10-8-. The van der Waals surface area contributed by atoms with Crippen molar-refractivity contribution in [3.63, 3.8) is 0 Å². The van der Waals surface area contributed by atoms with E-state index in [4.69, 9.17) is 9.15 Å². The summed E-state index contributed by atoms with van der Waals surface area (Å²) in [6.07, 6.45) is 2.96. The molecule has 0 aliphatic rings. The second kappa shape index (κ2) is 6.59. The predicted octanol–water partition coefficient (Wildman–Crippen LogP) is 1.74. The number of rotatable bonds is 5. The van der Waals surface area contributed by atoms with Crippen LogP contribution in [-0.4, -0.2) is 37.8 Å². The fourth-order valence-electron chi connectivity index (χ4n) is 1.59. The van der Waals surface area contributed by atoms with Gasteiger partial charge < -0.3 is 14.5 Å². The number of aromatic nitrogens is 5. The maximum atomic E-state index is 12.1. The molecule has 9 nitrogen and oxygen atoms in total. The molecule has 2 heterocycles. The summed E-state index contributed by atoms with van der Waals surface area (Å²) in [5, 5.41) is 14.9. The summed E-state index contributed by atoms with van der Waals surface area (Å²) < 4.78 is 10.3. The molecule has 124 valence electrons. The minimum atomic E-state index is -0.559. The number of nitrogens with one attached hydrogen (secondary N) is 1. The summed E-state index contributed by atoms with van der Waals surface area (Å²) >= 11 is 0. The number of hydrogen-bond donors (Lipinski definition) is 1. The van der Waals surface area contributed by atoms with E-state index in [9.17, 15) is 4.79 Å². The third kappa shape index (κ3) is 4.15. The lowest BCUT2D eigenvalue weighted by atomic mass is 10.1. The monoisotopic (exact) mass is 320 g/mol. The molecule has 23 heavy (non-hydrogen) atoms. The van der Waals surface area contributed by atoms with E-state index < -0.39 is 5.97 Å². The Bertz CT molecular complexity index is 710. The van der Waals surface area contributed by atoms with Gasteiger partial charge in [-0.25, -0.2) is 9.78 Å². The lowest BCUT2D eigenvalue weighted by molar-refractivity contribution is -0.136. The van der Waals surface area contributed by atoms with Crippen LogP contribution in [0.1, 0.15) is 39.3 Å². The van der Waals surface area contributed by atoms with Crippen LogP contribution in [0.3, 0.4) is 0 Å². The first kappa shape index (κ1) is 16.7. The average Bonchev–Trinajstić information content (AvgIpc) is 3.08. The Morgan fingerprint density at radius 1 is 1.48 bits per heavy atom. The number of oxazole rings is 1. The zero-order chi connectivity index (χ0) is 17.0. The van der Waals surface area contributed by atoms with Gasteiger partial charge in [0.05, 0.1) is 18.3 Å². The van der Waals surface area contributed by atoms with E-state index >= 15 is 0 Å². The quantitative estimate of drug-likeness (QED) is 0.655. The van der Waals surface area contributed by atoms with Crippen molar-refractivity contribution < 1.29 is 13.9 Å². The van der Waals surface area contributed by atoms with Gasteiger partial charge in [-0.15, -0.1) is 10.2 Å². The topological polar surface area (TPSA) is 108 Å². The van der Waals surface area contributed by atoms with Crippen LogP contribution < -0.4 is 5.32 Å². The van der Waals surface area contributed by atoms with E-state index in [1.165, 1.54) is 11.0 Å². The van der Waals surface area contributed by atoms with Crippen molar-refractivity contribution in [1.29, 1.82) is 0 Å². The number of tetrazole rings is 1. The Labute approximate surface area is 133 Å². The Morgan fingerprint density at radius 2 is 2.22 bits per heavy atom. The van der Waals surface area contributed by atoms with Crippen molar-refractivity contribution in [3.8, 4) is 0 Å². The first-order valence-electron chi connectivity index (χ1n) is 7.18. The number of ether oxygens (including phenoxy) is 1. The Morgan fingerprint density at radius 3 is 2.74 bits per heavy atom. The van der Waals surface area contributed by atoms with Gasteiger partial charge in [-0.1, -0.05) is 0 Å². The maximum Gasteiger partial charge on any atom is 0.343 e. The second-order valence-electron chi connectivity index (χ2n) is 5.77. The molecule has 1 N–H and O–H groups in total. The summed E-state index contributed by atoms with van der Waals surface area (Å²) in [6, 6.07) is 0.257. The molecule has 0 aliphatic carbocycles. The smallest absolute Gasteiger partial charge is 0.343 e. The van der Waals surface area contributed by atoms with Crippen molar-refractivity contribution in [2.45, 2.75) is 40.2 Å². The molecule has 2 aromatic heterocycles. The third-order valence-electron chi connectivity index (χ3n) is 2.71. The fraction of sp³-hybridized carbons (Fsp3) is 0.500. The molecule has 2 rings (SSSR count). The van der Waals surface area contributed by atoms with Crippen molar-refractivity contribution in [2.24, 2.45) is 0 Å². The summed E-state index contributed by atoms with van der Waals surface area (Å²) in [5.74, 6) is 0.251. The molecular weight excluding hydrogens is 300 g/mol. The van der Waals surface area contributed by atoms with Crippen LogP contribution in [0, 0.1) is 6.92 Å². The molecule has 0 saturated carbocycles. The molecule has 2 aromatic rings. The van der Waals surface area contributed by atoms with E-state index in [1.54, 1.807) is 20.0 Å². The van der Waals surface area contributed by atoms with E-state index in [0.717, 1.165) is 0 Å². The second-order valence-corrected chi connectivity index (χ2v) is 5.77. The van der Waals surface area contributed by atoms with E-state index in [-0.39, 0.29) is 29.6 Å². The largest absolute Gasteiger partial charge is 0.462 e. The molecule has 9 heteroatoms. The number of anilines is 1. The van der Waals surface area contributed by atoms with Crippen LogP contribution in [0.5, 0.6) is 0 Å². The summed E-state index contributed by atoms with van der Waals surface area (Å²) in [4.78, 5) is 17.6. The highest BCUT2D eigenvalue weighted by molar-refractivity contribution is 6.15. The third-order valence-corrected chi connectivity index (χ3v) is 2.71. The molecule has 0 saturated heterocycles. The first-order chi connectivity index (χ1) is 10.8. The molecule has 0 spiro atoms. The van der Waals surface area contributed by atoms with Crippen LogP contribution in [0.4, 0.5) is 6.01 Å². The molecule has 0 amide bonds. The van der Waals surface area contributed by atoms with Gasteiger partial charge in [0.15, 0.2) is 0 Å². The number of carbonyl (C=O) groups is 1. The molecule has 0 bridgehead atoms. The van der Waals surface area contributed by atoms with Crippen LogP contribution >= 0.6 is 0 Å². The highest BCUT2D eigenvalue weighted by atomic mass is 16.5. The van der Waals surface area contributed by atoms with Crippen molar-refractivity contribution in [1.82, 2.24) is 25.2 Å². The van der Waals surface area contributed by atoms with Crippen LogP contribution in [-0.2, 0) is 15.1 Å². The molecule has 0 aromatic carbocycles. The van der Waals surface area contributed by atoms with Crippen molar-refractivity contribution >= 4 is 17.6 Å². The lowest BCUT2D eigenvalue weighted by Crippen LogP contribution is -2.24. The number of nitrogens with zero attached hydrogens (tertiary/aromatic N) is 5. The summed E-state index contributed by atoms with van der Waals surface area (Å²) in [6.45, 7) is 9.52. The highest BCUT2D eigenvalue weighted by Crippen LogP contribution is 2.16. The molecule has 0 fully saturated rings. The number of aryl methyl sites for hydroxylation is 1. The van der Waals surface area contributed by atoms with Gasteiger partial charge in [0.2, 0.25) is 5.82 Å². The highest BCUT2D eigenvalue weighted by Gasteiger charge is 2.23. The zero-order valence-electron chi connectivity index (χ0n) is 13.8. The molecule has 0 aliphatic heterocycles. The first-order valence-corrected chi connectivity index (χ1v) is 7.18. The molecular formula is C14H20N6O3. The summed E-state index contributed by atoms with van der Waals surface area (Å²) in [5.41, 5.74) is -0.212. The SMILES string of the molecule is CCOC(=O)/C(=C\Nc1ncc(C)o1)c1nnn(C(C)(C)C)n1. The van der Waals surface area contributed by atoms with Gasteiger partial charge in [-0.3, -0.25) is 0 Å². The van der Waals surface area contributed by atoms with Gasteiger partial charge in [0.25, 0.3) is 6.01 Å². The van der Waals surface area contributed by atoms with Gasteiger partial charge in [0, 0.05) is 6.20 Å². The summed E-state index contributed by atoms with van der Waals surface area (Å²) in [7, 11) is 0. The Kier molecular flexibility index (Phi) is 4.77. The van der Waals surface area contributed by atoms with Gasteiger partial charge in [0.1, 0.15) is 11.3 Å². The molecule has 0 unspecified atom stereocenters. The zero-order valence-corrected chi connectivity index (χ0v) is 13.8. The predicted molar refractivity (Wildman–Crippen MR) is 82.3 cm³/mol. The van der Waals surface area contributed by atoms with E-state index in [2.05, 4.69) is 25.7 Å². The molecule has 0 radical (unpaired) electrons. The fourth-order valence-corrected chi connectivity index (χ4v) is 1.59. The number of esters is 1. The van der Waals surface area contributed by atoms with Crippen LogP contribution in [0.15, 0.2) is 16.8 Å². The Hall–Kier alpha value is -2.71. The van der Waals surface area contributed by atoms with E-state index in [1.807, 2.05) is 20.8 Å². The minimum Gasteiger partial charge on any atom is -0.462 e. The van der Waals surface area contributed by atoms with Crippen LogP contribution in [0.25, 0.3) is 5.57 Å². The van der Waals surface area contributed by atoms with Gasteiger partial charge in [-0.2, -0.15) is 4.80 Å². The van der Waals surface area contributed by atoms with Crippen molar-refractivity contribution in [2.75, 3.05) is 11.9 Å². The number of hydrogen-bond acceptors (Lipinski definition) is 8. The number of carbonyl (C=O) groups excluding carboxylic acids is 1. The Balaban J connectivity index is 2.30. The van der Waals surface area contributed by atoms with Gasteiger partial charge in [-0.05, 0) is 39.8 Å². The van der Waals surface area contributed by atoms with E-state index in [0.29, 0.717) is 5.76 Å². The maximum absolute atomic E-state index is 12.1. The van der Waals surface area contributed by atoms with Crippen molar-refractivity contribution in [3.05, 3.63) is 24.0 Å². The molecule has 0 atom stereocenters. The van der Waals surface area contributed by atoms with Gasteiger partial charge >= 0.3 is 5.97 Å². The normalized spacial score (nSPS) is 12.3. The van der Waals surface area contributed by atoms with Crippen LogP contribution in [0.2, 0.25) is 0 Å². The minimum absolute atomic E-state index is 0.137. The lowest BCUT2D eigenvalue weighted by Gasteiger charge is -2.15. The average molecular weight is 320 g/mol.